The van der Waals surface area contributed by atoms with Gasteiger partial charge in [0.15, 0.2) is 11.4 Å². The van der Waals surface area contributed by atoms with Gasteiger partial charge >= 0.3 is 6.18 Å². The Kier molecular flexibility index (Phi) is 5.56. The number of sulfonamides is 1. The number of alkyl halides is 3. The maximum Gasteiger partial charge on any atom is 0.435 e. The summed E-state index contributed by atoms with van der Waals surface area (Å²) in [5.74, 6) is -2.40. The first kappa shape index (κ1) is 21.7. The van der Waals surface area contributed by atoms with Crippen LogP contribution in [0.2, 0.25) is 5.02 Å². The van der Waals surface area contributed by atoms with E-state index in [4.69, 9.17) is 11.6 Å². The van der Waals surface area contributed by atoms with Gasteiger partial charge in [-0.1, -0.05) is 22.9 Å². The zero-order valence-corrected chi connectivity index (χ0v) is 16.5. The third-order valence-electron chi connectivity index (χ3n) is 3.84. The lowest BCUT2D eigenvalue weighted by Gasteiger charge is -2.12. The third kappa shape index (κ3) is 4.28. The predicted octanol–water partition coefficient (Wildman–Crippen LogP) is 3.51. The summed E-state index contributed by atoms with van der Waals surface area (Å²) >= 11 is 5.99. The van der Waals surface area contributed by atoms with Gasteiger partial charge in [0.2, 0.25) is 0 Å². The van der Waals surface area contributed by atoms with E-state index in [1.165, 1.54) is 22.9 Å². The molecule has 0 fully saturated rings. The lowest BCUT2D eigenvalue weighted by molar-refractivity contribution is -0.143. The molecule has 3 aromatic rings. The molecule has 7 nitrogen and oxygen atoms in total. The number of hydrogen-bond acceptors (Lipinski definition) is 5. The van der Waals surface area contributed by atoms with E-state index < -0.39 is 44.2 Å². The number of nitrogens with zero attached hydrogens (tertiary/aromatic N) is 3. The normalized spacial score (nSPS) is 12.1. The minimum absolute atomic E-state index is 0.0868. The number of amides is 1. The molecule has 0 saturated carbocycles. The van der Waals surface area contributed by atoms with E-state index in [2.05, 4.69) is 10.3 Å². The first-order valence-corrected chi connectivity index (χ1v) is 9.88. The largest absolute Gasteiger partial charge is 0.435 e. The molecule has 1 aromatic heterocycles. The van der Waals surface area contributed by atoms with Crippen molar-refractivity contribution in [1.82, 2.24) is 19.7 Å². The fourth-order valence-corrected chi connectivity index (χ4v) is 3.75. The second-order valence-electron chi connectivity index (χ2n) is 6.04. The topological polar surface area (TPSA) is 93.9 Å². The number of carbonyl (C=O) groups is 1. The molecule has 1 amide bonds. The first-order chi connectivity index (χ1) is 13.9. The van der Waals surface area contributed by atoms with Gasteiger partial charge in [0.25, 0.3) is 15.9 Å². The maximum atomic E-state index is 13.7. The van der Waals surface area contributed by atoms with E-state index in [1.807, 2.05) is 0 Å². The van der Waals surface area contributed by atoms with Gasteiger partial charge in [-0.25, -0.2) is 22.2 Å². The number of hydrogen-bond donors (Lipinski definition) is 1. The van der Waals surface area contributed by atoms with Crippen molar-refractivity contribution in [3.8, 4) is 5.69 Å². The average Bonchev–Trinajstić information content (AvgIpc) is 3.07. The number of rotatable bonds is 4. The Morgan fingerprint density at radius 2 is 1.77 bits per heavy atom. The summed E-state index contributed by atoms with van der Waals surface area (Å²) in [4.78, 5) is 11.8. The number of carbonyl (C=O) groups excluding carboxylic acids is 1. The number of aromatic nitrogens is 3. The highest BCUT2D eigenvalue weighted by Gasteiger charge is 2.43. The Hall–Kier alpha value is -2.99. The van der Waals surface area contributed by atoms with Crippen LogP contribution in [-0.4, -0.2) is 29.3 Å². The average molecular weight is 463 g/mol. The Morgan fingerprint density at radius 1 is 1.13 bits per heavy atom. The number of halogens is 5. The summed E-state index contributed by atoms with van der Waals surface area (Å²) in [6.07, 6.45) is -5.12. The summed E-state index contributed by atoms with van der Waals surface area (Å²) in [5, 5.41) is 6.46. The van der Waals surface area contributed by atoms with E-state index in [0.29, 0.717) is 10.2 Å². The van der Waals surface area contributed by atoms with Crippen LogP contribution >= 0.6 is 11.6 Å². The molecule has 30 heavy (non-hydrogen) atoms. The van der Waals surface area contributed by atoms with Crippen molar-refractivity contribution in [2.75, 3.05) is 0 Å². The van der Waals surface area contributed by atoms with Gasteiger partial charge in [-0.2, -0.15) is 13.2 Å². The van der Waals surface area contributed by atoms with Gasteiger partial charge in [0.05, 0.1) is 15.6 Å². The Bertz CT molecular complexity index is 1220. The standard InChI is InChI=1S/C17H11ClF4N4O3S/c1-9-2-7-13(12(18)8-9)26-15(17(20,21)22)14(23-25-26)16(27)24-30(28,29)11-5-3-10(19)4-6-11/h2-8H,1H3,(H,24,27). The summed E-state index contributed by atoms with van der Waals surface area (Å²) in [6, 6.07) is 7.43. The van der Waals surface area contributed by atoms with E-state index in [9.17, 15) is 30.8 Å². The fraction of sp³-hybridized carbons (Fsp3) is 0.118. The summed E-state index contributed by atoms with van der Waals surface area (Å²) < 4.78 is 80.3. The Balaban J connectivity index is 2.05. The molecule has 0 spiro atoms. The SMILES string of the molecule is Cc1ccc(-n2nnc(C(=O)NS(=O)(=O)c3ccc(F)cc3)c2C(F)(F)F)c(Cl)c1. The first-order valence-electron chi connectivity index (χ1n) is 8.02. The van der Waals surface area contributed by atoms with Crippen LogP contribution in [0.4, 0.5) is 17.6 Å². The molecule has 0 aliphatic carbocycles. The van der Waals surface area contributed by atoms with Gasteiger partial charge in [-0.3, -0.25) is 4.79 Å². The van der Waals surface area contributed by atoms with Crippen molar-refractivity contribution < 1.29 is 30.8 Å². The highest BCUT2D eigenvalue weighted by atomic mass is 35.5. The molecule has 1 heterocycles. The van der Waals surface area contributed by atoms with Crippen molar-refractivity contribution in [3.63, 3.8) is 0 Å². The van der Waals surface area contributed by atoms with Gasteiger partial charge in [-0.05, 0) is 48.9 Å². The lowest BCUT2D eigenvalue weighted by atomic mass is 10.2. The molecular weight excluding hydrogens is 452 g/mol. The van der Waals surface area contributed by atoms with Crippen LogP contribution in [-0.2, 0) is 16.2 Å². The number of nitrogens with one attached hydrogen (secondary N) is 1. The van der Waals surface area contributed by atoms with Gasteiger partial charge in [0, 0.05) is 0 Å². The quantitative estimate of drug-likeness (QED) is 0.599. The predicted molar refractivity (Wildman–Crippen MR) is 97.2 cm³/mol. The highest BCUT2D eigenvalue weighted by molar-refractivity contribution is 7.90. The fourth-order valence-electron chi connectivity index (χ4n) is 2.48. The van der Waals surface area contributed by atoms with Crippen molar-refractivity contribution in [3.05, 3.63) is 70.3 Å². The molecule has 0 atom stereocenters. The number of aryl methyl sites for hydroxylation is 1. The lowest BCUT2D eigenvalue weighted by Crippen LogP contribution is -2.32. The van der Waals surface area contributed by atoms with Crippen LogP contribution < -0.4 is 4.72 Å². The molecule has 0 aliphatic heterocycles. The van der Waals surface area contributed by atoms with E-state index in [0.717, 1.165) is 24.3 Å². The minimum atomic E-state index is -5.12. The zero-order valence-electron chi connectivity index (χ0n) is 14.9. The van der Waals surface area contributed by atoms with Crippen molar-refractivity contribution in [2.45, 2.75) is 18.0 Å². The van der Waals surface area contributed by atoms with Crippen LogP contribution in [0.25, 0.3) is 5.69 Å². The van der Waals surface area contributed by atoms with Gasteiger partial charge in [0.1, 0.15) is 5.82 Å². The second-order valence-corrected chi connectivity index (χ2v) is 8.13. The second kappa shape index (κ2) is 7.69. The zero-order chi connectivity index (χ0) is 22.3. The third-order valence-corrected chi connectivity index (χ3v) is 5.49. The monoisotopic (exact) mass is 462 g/mol. The molecule has 13 heteroatoms. The summed E-state index contributed by atoms with van der Waals surface area (Å²) in [6.45, 7) is 1.67. The molecule has 158 valence electrons. The maximum absolute atomic E-state index is 13.7. The van der Waals surface area contributed by atoms with Crippen molar-refractivity contribution in [1.29, 1.82) is 0 Å². The molecule has 0 bridgehead atoms. The molecule has 2 aromatic carbocycles. The van der Waals surface area contributed by atoms with Crippen molar-refractivity contribution in [2.24, 2.45) is 0 Å². The van der Waals surface area contributed by atoms with E-state index in [-0.39, 0.29) is 10.7 Å². The van der Waals surface area contributed by atoms with Crippen LogP contribution in [0.1, 0.15) is 21.7 Å². The van der Waals surface area contributed by atoms with Crippen LogP contribution in [0.5, 0.6) is 0 Å². The Labute approximate surface area is 172 Å². The molecule has 3 rings (SSSR count). The minimum Gasteiger partial charge on any atom is -0.266 e. The molecular formula is C17H11ClF4N4O3S. The number of benzene rings is 2. The van der Waals surface area contributed by atoms with Gasteiger partial charge in [-0.15, -0.1) is 5.10 Å². The highest BCUT2D eigenvalue weighted by Crippen LogP contribution is 2.34. The van der Waals surface area contributed by atoms with Crippen molar-refractivity contribution >= 4 is 27.5 Å². The molecule has 0 unspecified atom stereocenters. The van der Waals surface area contributed by atoms with Crippen LogP contribution in [0, 0.1) is 12.7 Å². The smallest absolute Gasteiger partial charge is 0.266 e. The van der Waals surface area contributed by atoms with Gasteiger partial charge < -0.3 is 0 Å². The molecule has 0 radical (unpaired) electrons. The Morgan fingerprint density at radius 3 is 2.33 bits per heavy atom. The summed E-state index contributed by atoms with van der Waals surface area (Å²) in [7, 11) is -4.59. The van der Waals surface area contributed by atoms with Crippen LogP contribution in [0.3, 0.4) is 0 Å². The molecule has 0 saturated heterocycles. The van der Waals surface area contributed by atoms with E-state index in [1.54, 1.807) is 6.92 Å². The molecule has 0 aliphatic rings. The van der Waals surface area contributed by atoms with Crippen LogP contribution in [0.15, 0.2) is 47.4 Å². The molecule has 1 N–H and O–H groups in total. The van der Waals surface area contributed by atoms with E-state index >= 15 is 0 Å². The summed E-state index contributed by atoms with van der Waals surface area (Å²) in [5.41, 5.74) is -2.42.